The van der Waals surface area contributed by atoms with Gasteiger partial charge in [-0.05, 0) is 138 Å². The van der Waals surface area contributed by atoms with Gasteiger partial charge in [-0.3, -0.25) is 0 Å². The summed E-state index contributed by atoms with van der Waals surface area (Å²) in [6.07, 6.45) is 16.0. The SMILES string of the molecule is C1=CC(C2(c3ccccc3)c3cc(-c4ccccc4)ccc3-c3c2cc(-c2c4ccccc4c(-c4cccc5c4CCC=C5)c4ccccc24)c2c3oc3ccccc32)=CCC1. The average Bonchev–Trinajstić information content (AvgIpc) is 3.88. The van der Waals surface area contributed by atoms with Crippen LogP contribution in [-0.4, -0.2) is 0 Å². The molecular formula is C61H42O. The van der Waals surface area contributed by atoms with E-state index in [9.17, 15) is 0 Å². The van der Waals surface area contributed by atoms with E-state index in [0.29, 0.717) is 0 Å². The maximum Gasteiger partial charge on any atom is 0.144 e. The van der Waals surface area contributed by atoms with Crippen molar-refractivity contribution in [2.45, 2.75) is 31.1 Å². The Balaban J connectivity index is 1.22. The average molecular weight is 791 g/mol. The Kier molecular flexibility index (Phi) is 7.84. The van der Waals surface area contributed by atoms with Crippen molar-refractivity contribution >= 4 is 49.6 Å². The highest BCUT2D eigenvalue weighted by molar-refractivity contribution is 6.27. The number of hydrogen-bond acceptors (Lipinski definition) is 1. The fourth-order valence-electron chi connectivity index (χ4n) is 11.5. The lowest BCUT2D eigenvalue weighted by Crippen LogP contribution is -2.29. The number of fused-ring (bicyclic) bond motifs is 10. The Morgan fingerprint density at radius 1 is 0.435 bits per heavy atom. The van der Waals surface area contributed by atoms with E-state index in [1.54, 1.807) is 0 Å². The number of furan rings is 1. The zero-order valence-electron chi connectivity index (χ0n) is 34.4. The largest absolute Gasteiger partial charge is 0.455 e. The third-order valence-electron chi connectivity index (χ3n) is 14.0. The second-order valence-corrected chi connectivity index (χ2v) is 17.2. The molecule has 10 aromatic rings. The quantitative estimate of drug-likeness (QED) is 0.158. The molecule has 62 heavy (non-hydrogen) atoms. The van der Waals surface area contributed by atoms with Gasteiger partial charge in [-0.15, -0.1) is 0 Å². The third-order valence-corrected chi connectivity index (χ3v) is 14.0. The summed E-state index contributed by atoms with van der Waals surface area (Å²) in [7, 11) is 0. The highest BCUT2D eigenvalue weighted by Gasteiger charge is 2.49. The second-order valence-electron chi connectivity index (χ2n) is 17.2. The molecule has 0 fully saturated rings. The van der Waals surface area contributed by atoms with Crippen LogP contribution in [0.5, 0.6) is 0 Å². The van der Waals surface area contributed by atoms with Gasteiger partial charge in [-0.1, -0.05) is 188 Å². The van der Waals surface area contributed by atoms with E-state index in [4.69, 9.17) is 4.42 Å². The van der Waals surface area contributed by atoms with E-state index in [0.717, 1.165) is 42.2 Å². The number of rotatable bonds is 5. The molecule has 3 aliphatic carbocycles. The molecular weight excluding hydrogens is 749 g/mol. The summed E-state index contributed by atoms with van der Waals surface area (Å²) in [4.78, 5) is 0. The van der Waals surface area contributed by atoms with Gasteiger partial charge in [0.15, 0.2) is 0 Å². The normalized spacial score (nSPS) is 16.5. The zero-order chi connectivity index (χ0) is 40.8. The molecule has 3 aliphatic rings. The van der Waals surface area contributed by atoms with E-state index in [2.05, 4.69) is 206 Å². The minimum atomic E-state index is -0.599. The first-order valence-corrected chi connectivity index (χ1v) is 22.1. The van der Waals surface area contributed by atoms with Gasteiger partial charge in [0.1, 0.15) is 11.2 Å². The lowest BCUT2D eigenvalue weighted by atomic mass is 9.65. The van der Waals surface area contributed by atoms with Crippen molar-refractivity contribution in [3.8, 4) is 44.5 Å². The maximum absolute atomic E-state index is 7.28. The molecule has 1 heterocycles. The highest BCUT2D eigenvalue weighted by atomic mass is 16.3. The van der Waals surface area contributed by atoms with Crippen LogP contribution in [0.3, 0.4) is 0 Å². The molecule has 1 heteroatoms. The first-order chi connectivity index (χ1) is 30.8. The van der Waals surface area contributed by atoms with Gasteiger partial charge in [0.05, 0.1) is 5.41 Å². The summed E-state index contributed by atoms with van der Waals surface area (Å²) in [5.74, 6) is 0. The van der Waals surface area contributed by atoms with Crippen LogP contribution in [0.25, 0.3) is 94.1 Å². The van der Waals surface area contributed by atoms with Crippen molar-refractivity contribution in [3.05, 3.63) is 234 Å². The molecule has 0 radical (unpaired) electrons. The Morgan fingerprint density at radius 2 is 1.10 bits per heavy atom. The van der Waals surface area contributed by atoms with Gasteiger partial charge in [0.25, 0.3) is 0 Å². The van der Waals surface area contributed by atoms with Crippen molar-refractivity contribution in [2.24, 2.45) is 0 Å². The first kappa shape index (κ1) is 35.3. The Hall–Kier alpha value is -7.48. The second kappa shape index (κ2) is 13.8. The Bertz CT molecular complexity index is 3500. The molecule has 13 rings (SSSR count). The van der Waals surface area contributed by atoms with E-state index in [1.807, 2.05) is 0 Å². The fraction of sp³-hybridized carbons (Fsp3) is 0.0820. The maximum atomic E-state index is 7.28. The predicted octanol–water partition coefficient (Wildman–Crippen LogP) is 16.4. The monoisotopic (exact) mass is 790 g/mol. The van der Waals surface area contributed by atoms with Crippen LogP contribution in [0.4, 0.5) is 0 Å². The Labute approximate surface area is 361 Å². The van der Waals surface area contributed by atoms with Crippen molar-refractivity contribution in [1.82, 2.24) is 0 Å². The molecule has 0 N–H and O–H groups in total. The van der Waals surface area contributed by atoms with Gasteiger partial charge in [-0.25, -0.2) is 0 Å². The number of allylic oxidation sites excluding steroid dienone is 5. The number of hydrogen-bond donors (Lipinski definition) is 0. The van der Waals surface area contributed by atoms with Gasteiger partial charge in [0.2, 0.25) is 0 Å². The lowest BCUT2D eigenvalue weighted by Gasteiger charge is -2.36. The molecule has 0 aliphatic heterocycles. The standard InChI is InChI=1S/C61H42O/c1-4-19-39(20-5-1)41-35-36-50-53(37-41)61(42-23-6-2-7-24-42,43-25-8-3-9-26-43)54-38-52(58-51-32-16-17-34-55(51)62-60(58)59(50)54)57-48-30-14-12-28-46(48)56(47-29-13-15-31-49(47)57)45-33-18-22-40-21-10-11-27-44(40)45/h1-2,4-8,10,12-26,28-38H,3,9,11,27H2. The van der Waals surface area contributed by atoms with Gasteiger partial charge in [-0.2, -0.15) is 0 Å². The van der Waals surface area contributed by atoms with E-state index >= 15 is 0 Å². The molecule has 0 amide bonds. The topological polar surface area (TPSA) is 13.1 Å². The minimum absolute atomic E-state index is 0.599. The lowest BCUT2D eigenvalue weighted by molar-refractivity contribution is 0.669. The number of para-hydroxylation sites is 1. The molecule has 0 saturated carbocycles. The first-order valence-electron chi connectivity index (χ1n) is 22.1. The predicted molar refractivity (Wildman–Crippen MR) is 261 cm³/mol. The van der Waals surface area contributed by atoms with Crippen LogP contribution in [0.1, 0.15) is 47.1 Å². The molecule has 0 bridgehead atoms. The molecule has 9 aromatic carbocycles. The minimum Gasteiger partial charge on any atom is -0.455 e. The van der Waals surface area contributed by atoms with Gasteiger partial charge in [0, 0.05) is 16.3 Å². The number of benzene rings is 9. The van der Waals surface area contributed by atoms with Crippen LogP contribution < -0.4 is 0 Å². The molecule has 1 aromatic heterocycles. The van der Waals surface area contributed by atoms with Crippen molar-refractivity contribution in [3.63, 3.8) is 0 Å². The molecule has 1 unspecified atom stereocenters. The van der Waals surface area contributed by atoms with E-state index in [-0.39, 0.29) is 0 Å². The van der Waals surface area contributed by atoms with Crippen molar-refractivity contribution in [1.29, 1.82) is 0 Å². The van der Waals surface area contributed by atoms with Gasteiger partial charge < -0.3 is 4.42 Å². The van der Waals surface area contributed by atoms with Crippen molar-refractivity contribution in [2.75, 3.05) is 0 Å². The third kappa shape index (κ3) is 4.97. The summed E-state index contributed by atoms with van der Waals surface area (Å²) < 4.78 is 7.28. The molecule has 292 valence electrons. The molecule has 1 nitrogen and oxygen atoms in total. The van der Waals surface area contributed by atoms with Crippen LogP contribution in [0.15, 0.2) is 210 Å². The summed E-state index contributed by atoms with van der Waals surface area (Å²) in [5, 5.41) is 7.35. The fourth-order valence-corrected chi connectivity index (χ4v) is 11.5. The van der Waals surface area contributed by atoms with Crippen LogP contribution in [0.2, 0.25) is 0 Å². The van der Waals surface area contributed by atoms with E-state index in [1.165, 1.54) is 105 Å². The smallest absolute Gasteiger partial charge is 0.144 e. The van der Waals surface area contributed by atoms with E-state index < -0.39 is 5.41 Å². The van der Waals surface area contributed by atoms with Crippen LogP contribution >= 0.6 is 0 Å². The zero-order valence-corrected chi connectivity index (χ0v) is 34.4. The van der Waals surface area contributed by atoms with Gasteiger partial charge >= 0.3 is 0 Å². The van der Waals surface area contributed by atoms with Crippen LogP contribution in [-0.2, 0) is 11.8 Å². The Morgan fingerprint density at radius 3 is 1.82 bits per heavy atom. The summed E-state index contributed by atoms with van der Waals surface area (Å²) >= 11 is 0. The molecule has 0 saturated heterocycles. The van der Waals surface area contributed by atoms with Crippen LogP contribution in [0, 0.1) is 0 Å². The summed E-state index contributed by atoms with van der Waals surface area (Å²) in [6.45, 7) is 0. The highest BCUT2D eigenvalue weighted by Crippen LogP contribution is 2.62. The molecule has 1 atom stereocenters. The summed E-state index contributed by atoms with van der Waals surface area (Å²) in [5.41, 5.74) is 19.1. The van der Waals surface area contributed by atoms with Crippen molar-refractivity contribution < 1.29 is 4.42 Å². The summed E-state index contributed by atoms with van der Waals surface area (Å²) in [6, 6.07) is 65.6. The molecule has 0 spiro atoms.